The fourth-order valence-corrected chi connectivity index (χ4v) is 4.18. The summed E-state index contributed by atoms with van der Waals surface area (Å²) in [5, 5.41) is 15.7. The number of amides is 1. The molecule has 9 heteroatoms. The molecule has 134 valence electrons. The zero-order chi connectivity index (χ0) is 18.0. The van der Waals surface area contributed by atoms with Crippen molar-refractivity contribution in [2.45, 2.75) is 17.5 Å². The van der Waals surface area contributed by atoms with Crippen molar-refractivity contribution < 1.29 is 23.1 Å². The minimum atomic E-state index is -3.85. The van der Waals surface area contributed by atoms with Gasteiger partial charge in [0.2, 0.25) is 0 Å². The average Bonchev–Trinajstić information content (AvgIpc) is 3.06. The summed E-state index contributed by atoms with van der Waals surface area (Å²) in [7, 11) is -2.26. The van der Waals surface area contributed by atoms with Gasteiger partial charge in [0.25, 0.3) is 15.9 Å². The van der Waals surface area contributed by atoms with Gasteiger partial charge in [-0.3, -0.25) is 4.79 Å². The number of rotatable bonds is 5. The molecular weight excluding hydrogens is 346 g/mol. The minimum Gasteiger partial charge on any atom is -0.385 e. The Labute approximate surface area is 145 Å². The van der Waals surface area contributed by atoms with Gasteiger partial charge in [-0.25, -0.2) is 12.4 Å². The van der Waals surface area contributed by atoms with Crippen LogP contribution in [0.2, 0.25) is 0 Å². The van der Waals surface area contributed by atoms with E-state index in [1.165, 1.54) is 30.5 Å². The lowest BCUT2D eigenvalue weighted by molar-refractivity contribution is 0.0948. The number of hydrogen-bond acceptors (Lipinski definition) is 6. The van der Waals surface area contributed by atoms with E-state index in [1.54, 1.807) is 13.2 Å². The summed E-state index contributed by atoms with van der Waals surface area (Å²) in [5.41, 5.74) is 0.695. The van der Waals surface area contributed by atoms with Crippen LogP contribution >= 0.6 is 0 Å². The molecule has 1 aliphatic heterocycles. The number of fused-ring (bicyclic) bond motifs is 2. The average molecular weight is 365 g/mol. The maximum Gasteiger partial charge on any atom is 0.270 e. The Morgan fingerprint density at radius 3 is 2.96 bits per heavy atom. The number of aliphatic hydroxyl groups is 1. The standard InChI is InChI=1S/C16H19N3O5S/c1-24-9-3-7-17-15(20)11-5-6-14-12(10-11)18-16(21)13-4-2-8-19(13)25(14,22)23/h2,4-6,8,10,16,18,21H,3,7,9H2,1H3,(H,17,20). The summed E-state index contributed by atoms with van der Waals surface area (Å²) in [6.07, 6.45) is 0.848. The second-order valence-electron chi connectivity index (χ2n) is 5.59. The minimum absolute atomic E-state index is 0.00238. The number of carbonyl (C=O) groups is 1. The Hall–Kier alpha value is -2.36. The normalized spacial score (nSPS) is 17.8. The first-order chi connectivity index (χ1) is 11.9. The molecule has 0 spiro atoms. The Morgan fingerprint density at radius 2 is 2.20 bits per heavy atom. The van der Waals surface area contributed by atoms with Crippen LogP contribution in [0.3, 0.4) is 0 Å². The lowest BCUT2D eigenvalue weighted by atomic mass is 10.1. The number of aromatic nitrogens is 1. The van der Waals surface area contributed by atoms with Crippen LogP contribution in [0.4, 0.5) is 5.69 Å². The van der Waals surface area contributed by atoms with Crippen molar-refractivity contribution in [1.82, 2.24) is 9.29 Å². The molecule has 3 N–H and O–H groups in total. The van der Waals surface area contributed by atoms with E-state index >= 15 is 0 Å². The molecule has 1 atom stereocenters. The van der Waals surface area contributed by atoms with E-state index in [4.69, 9.17) is 4.74 Å². The van der Waals surface area contributed by atoms with Crippen molar-refractivity contribution in [1.29, 1.82) is 0 Å². The molecule has 1 unspecified atom stereocenters. The SMILES string of the molecule is COCCCNC(=O)c1ccc2c(c1)NC(O)c1cccn1S2(=O)=O. The summed E-state index contributed by atoms with van der Waals surface area (Å²) in [5.74, 6) is -0.323. The fraction of sp³-hybridized carbons (Fsp3) is 0.312. The maximum atomic E-state index is 12.7. The van der Waals surface area contributed by atoms with Gasteiger partial charge in [0.15, 0.2) is 6.23 Å². The molecule has 25 heavy (non-hydrogen) atoms. The Bertz CT molecular complexity index is 891. The largest absolute Gasteiger partial charge is 0.385 e. The number of benzene rings is 1. The molecule has 2 heterocycles. The molecule has 1 amide bonds. The van der Waals surface area contributed by atoms with Crippen molar-refractivity contribution in [2.75, 3.05) is 25.6 Å². The highest BCUT2D eigenvalue weighted by Gasteiger charge is 2.30. The first-order valence-electron chi connectivity index (χ1n) is 7.74. The number of nitrogens with zero attached hydrogens (tertiary/aromatic N) is 1. The number of ether oxygens (including phenoxy) is 1. The van der Waals surface area contributed by atoms with Gasteiger partial charge in [-0.05, 0) is 36.8 Å². The first-order valence-corrected chi connectivity index (χ1v) is 9.18. The molecule has 1 aromatic carbocycles. The lowest BCUT2D eigenvalue weighted by Crippen LogP contribution is -2.25. The van der Waals surface area contributed by atoms with Crippen LogP contribution in [0.15, 0.2) is 41.4 Å². The number of nitrogens with one attached hydrogen (secondary N) is 2. The van der Waals surface area contributed by atoms with Crippen molar-refractivity contribution in [3.8, 4) is 0 Å². The topological polar surface area (TPSA) is 110 Å². The number of methoxy groups -OCH3 is 1. The Kier molecular flexibility index (Phi) is 4.80. The van der Waals surface area contributed by atoms with Gasteiger partial charge in [0.1, 0.15) is 4.90 Å². The monoisotopic (exact) mass is 365 g/mol. The molecule has 0 aliphatic carbocycles. The van der Waals surface area contributed by atoms with Gasteiger partial charge in [-0.15, -0.1) is 0 Å². The van der Waals surface area contributed by atoms with E-state index in [0.29, 0.717) is 25.1 Å². The van der Waals surface area contributed by atoms with Crippen LogP contribution in [0, 0.1) is 0 Å². The predicted octanol–water partition coefficient (Wildman–Crippen LogP) is 0.908. The molecule has 8 nitrogen and oxygen atoms in total. The first kappa shape index (κ1) is 17.5. The predicted molar refractivity (Wildman–Crippen MR) is 90.9 cm³/mol. The molecule has 1 aliphatic rings. The molecule has 0 fully saturated rings. The maximum absolute atomic E-state index is 12.7. The Balaban J connectivity index is 1.91. The second-order valence-corrected chi connectivity index (χ2v) is 7.38. The van der Waals surface area contributed by atoms with Crippen LogP contribution in [0.5, 0.6) is 0 Å². The number of aliphatic hydroxyl groups excluding tert-OH is 1. The van der Waals surface area contributed by atoms with Crippen LogP contribution < -0.4 is 10.6 Å². The van der Waals surface area contributed by atoms with Gasteiger partial charge in [0, 0.05) is 32.0 Å². The quantitative estimate of drug-likeness (QED) is 0.680. The van der Waals surface area contributed by atoms with Gasteiger partial charge in [0.05, 0.1) is 11.4 Å². The third kappa shape index (κ3) is 3.26. The molecule has 3 rings (SSSR count). The van der Waals surface area contributed by atoms with Crippen LogP contribution in [0.25, 0.3) is 0 Å². The van der Waals surface area contributed by atoms with Crippen molar-refractivity contribution in [3.63, 3.8) is 0 Å². The highest BCUT2D eigenvalue weighted by atomic mass is 32.2. The van der Waals surface area contributed by atoms with Gasteiger partial charge in [-0.2, -0.15) is 0 Å². The molecule has 2 aromatic rings. The number of carbonyl (C=O) groups excluding carboxylic acids is 1. The summed E-state index contributed by atoms with van der Waals surface area (Å²) in [6.45, 7) is 0.985. The van der Waals surface area contributed by atoms with Crippen molar-refractivity contribution in [2.24, 2.45) is 0 Å². The second kappa shape index (κ2) is 6.87. The smallest absolute Gasteiger partial charge is 0.270 e. The highest BCUT2D eigenvalue weighted by Crippen LogP contribution is 2.33. The van der Waals surface area contributed by atoms with E-state index in [2.05, 4.69) is 10.6 Å². The molecule has 0 saturated carbocycles. The van der Waals surface area contributed by atoms with Crippen LogP contribution in [-0.2, 0) is 14.8 Å². The fourth-order valence-electron chi connectivity index (χ4n) is 2.67. The third-order valence-corrected chi connectivity index (χ3v) is 5.67. The molecule has 0 bridgehead atoms. The zero-order valence-electron chi connectivity index (χ0n) is 13.6. The molecule has 0 radical (unpaired) electrons. The third-order valence-electron chi connectivity index (χ3n) is 3.90. The van der Waals surface area contributed by atoms with E-state index in [0.717, 1.165) is 3.97 Å². The summed E-state index contributed by atoms with van der Waals surface area (Å²) in [4.78, 5) is 12.2. The number of hydrogen-bond donors (Lipinski definition) is 3. The zero-order valence-corrected chi connectivity index (χ0v) is 14.4. The highest BCUT2D eigenvalue weighted by molar-refractivity contribution is 7.90. The van der Waals surface area contributed by atoms with E-state index in [1.807, 2.05) is 0 Å². The summed E-state index contributed by atoms with van der Waals surface area (Å²) in [6, 6.07) is 7.30. The van der Waals surface area contributed by atoms with E-state index < -0.39 is 16.3 Å². The summed E-state index contributed by atoms with van der Waals surface area (Å²) < 4.78 is 31.4. The van der Waals surface area contributed by atoms with Gasteiger partial charge >= 0.3 is 0 Å². The van der Waals surface area contributed by atoms with Gasteiger partial charge in [-0.1, -0.05) is 0 Å². The van der Waals surface area contributed by atoms with Crippen LogP contribution in [-0.4, -0.2) is 43.7 Å². The van der Waals surface area contributed by atoms with Crippen molar-refractivity contribution in [3.05, 3.63) is 47.8 Å². The molecule has 0 saturated heterocycles. The van der Waals surface area contributed by atoms with E-state index in [9.17, 15) is 18.3 Å². The van der Waals surface area contributed by atoms with E-state index in [-0.39, 0.29) is 22.2 Å². The molecular formula is C16H19N3O5S. The lowest BCUT2D eigenvalue weighted by Gasteiger charge is -2.12. The van der Waals surface area contributed by atoms with Crippen LogP contribution in [0.1, 0.15) is 28.7 Å². The van der Waals surface area contributed by atoms with Gasteiger partial charge < -0.3 is 20.5 Å². The molecule has 1 aromatic heterocycles. The number of anilines is 1. The summed E-state index contributed by atoms with van der Waals surface area (Å²) >= 11 is 0. The Morgan fingerprint density at radius 1 is 1.40 bits per heavy atom. The van der Waals surface area contributed by atoms with Crippen molar-refractivity contribution >= 4 is 21.6 Å².